The fourth-order valence-electron chi connectivity index (χ4n) is 6.63. The summed E-state index contributed by atoms with van der Waals surface area (Å²) in [5.41, 5.74) is 14.4. The van der Waals surface area contributed by atoms with Gasteiger partial charge in [-0.3, -0.25) is 23.4 Å². The molecule has 0 rings (SSSR count). The first kappa shape index (κ1) is 56.5. The average molecular weight is 859 g/mol. The minimum Gasteiger partial charge on any atom is -0.480 e. The highest BCUT2D eigenvalue weighted by molar-refractivity contribution is 7.47. The first-order chi connectivity index (χ1) is 28.6. The van der Waals surface area contributed by atoms with Gasteiger partial charge in [-0.1, -0.05) is 179 Å². The average Bonchev–Trinajstić information content (AvgIpc) is 3.21. The standard InChI is InChI=1S/C44H83N4O10P/c1-3-5-7-9-11-13-15-17-19-21-23-25-27-29-31-33-35-43(50)58-41(38-56-59(53,54)55-37-39(45)44(51)52)40(36-47-48-46)57-42(49)34-32-30-28-26-24-22-20-18-16-14-12-10-8-6-4-2/h17,19,39-41H,3-16,18,20-38,45H2,1-2H3,(H,51,52)(H,53,54)/b19-17-/t39-,40+,41+/m1/s1. The zero-order chi connectivity index (χ0) is 43.7. The molecule has 0 saturated carbocycles. The second-order valence-electron chi connectivity index (χ2n) is 15.9. The Morgan fingerprint density at radius 2 is 0.966 bits per heavy atom. The summed E-state index contributed by atoms with van der Waals surface area (Å²) in [7, 11) is -4.87. The number of hydrogen-bond donors (Lipinski definition) is 3. The van der Waals surface area contributed by atoms with Crippen molar-refractivity contribution in [1.82, 2.24) is 0 Å². The van der Waals surface area contributed by atoms with Crippen LogP contribution >= 0.6 is 7.82 Å². The Morgan fingerprint density at radius 3 is 1.36 bits per heavy atom. The fraction of sp³-hybridized carbons (Fsp3) is 0.886. The molecule has 0 aliphatic rings. The molecule has 0 aromatic carbocycles. The molecule has 14 nitrogen and oxygen atoms in total. The monoisotopic (exact) mass is 859 g/mol. The second kappa shape index (κ2) is 40.9. The Bertz CT molecular complexity index is 1170. The minimum absolute atomic E-state index is 0.0553. The number of aliphatic carboxylic acids is 1. The summed E-state index contributed by atoms with van der Waals surface area (Å²) < 4.78 is 33.4. The predicted octanol–water partition coefficient (Wildman–Crippen LogP) is 12.4. The van der Waals surface area contributed by atoms with Crippen LogP contribution in [0.25, 0.3) is 10.4 Å². The molecule has 4 atom stereocenters. The van der Waals surface area contributed by atoms with E-state index in [4.69, 9.17) is 34.9 Å². The van der Waals surface area contributed by atoms with Crippen molar-refractivity contribution >= 4 is 25.7 Å². The third-order valence-corrected chi connectivity index (χ3v) is 11.3. The van der Waals surface area contributed by atoms with Gasteiger partial charge in [-0.05, 0) is 44.1 Å². The summed E-state index contributed by atoms with van der Waals surface area (Å²) in [6.45, 7) is 2.48. The molecule has 0 aromatic heterocycles. The summed E-state index contributed by atoms with van der Waals surface area (Å²) in [5.74, 6) is -2.68. The van der Waals surface area contributed by atoms with Crippen molar-refractivity contribution in [2.24, 2.45) is 10.8 Å². The van der Waals surface area contributed by atoms with Crippen molar-refractivity contribution in [2.75, 3.05) is 19.8 Å². The molecule has 0 spiro atoms. The van der Waals surface area contributed by atoms with E-state index in [2.05, 4.69) is 36.0 Å². The molecule has 0 aliphatic heterocycles. The van der Waals surface area contributed by atoms with Crippen LogP contribution in [0.15, 0.2) is 17.3 Å². The zero-order valence-electron chi connectivity index (χ0n) is 37.0. The molecule has 0 radical (unpaired) electrons. The summed E-state index contributed by atoms with van der Waals surface area (Å²) in [6.07, 6.45) is 35.5. The summed E-state index contributed by atoms with van der Waals surface area (Å²) in [6, 6.07) is -1.58. The zero-order valence-corrected chi connectivity index (χ0v) is 37.8. The normalized spacial score (nSPS) is 14.0. The SMILES string of the molecule is CCCCCCCC/C=C\CCCCCCCCC(=O)O[C@@H](COP(=O)(O)OC[C@@H](N)C(=O)O)[C@H](CN=[N+]=[N-])OC(=O)CCCCCCCCCCCCCCCCC. The Labute approximate surface area is 356 Å². The van der Waals surface area contributed by atoms with Crippen molar-refractivity contribution in [3.05, 3.63) is 22.6 Å². The molecule has 0 heterocycles. The van der Waals surface area contributed by atoms with Gasteiger partial charge in [0.25, 0.3) is 0 Å². The number of nitrogens with two attached hydrogens (primary N) is 1. The van der Waals surface area contributed by atoms with Crippen LogP contribution in [-0.2, 0) is 37.5 Å². The molecule has 4 N–H and O–H groups in total. The van der Waals surface area contributed by atoms with Gasteiger partial charge >= 0.3 is 25.7 Å². The largest absolute Gasteiger partial charge is 0.480 e. The quantitative estimate of drug-likeness (QED) is 0.00994. The molecule has 0 bridgehead atoms. The maximum Gasteiger partial charge on any atom is 0.472 e. The van der Waals surface area contributed by atoms with Gasteiger partial charge in [-0.15, -0.1) is 0 Å². The van der Waals surface area contributed by atoms with E-state index in [9.17, 15) is 23.8 Å². The number of nitrogens with zero attached hydrogens (tertiary/aromatic N) is 3. The molecule has 0 amide bonds. The van der Waals surface area contributed by atoms with E-state index in [0.29, 0.717) is 12.8 Å². The number of hydrogen-bond acceptors (Lipinski definition) is 10. The highest BCUT2D eigenvalue weighted by atomic mass is 31.2. The summed E-state index contributed by atoms with van der Waals surface area (Å²) in [5, 5.41) is 12.5. The lowest BCUT2D eigenvalue weighted by Crippen LogP contribution is -2.40. The lowest BCUT2D eigenvalue weighted by atomic mass is 10.0. The first-order valence-corrected chi connectivity index (χ1v) is 24.7. The van der Waals surface area contributed by atoms with Crippen LogP contribution in [0.1, 0.15) is 213 Å². The highest BCUT2D eigenvalue weighted by Crippen LogP contribution is 2.43. The third kappa shape index (κ3) is 38.2. The van der Waals surface area contributed by atoms with E-state index < -0.39 is 63.7 Å². The number of allylic oxidation sites excluding steroid dienone is 2. The molecule has 0 saturated heterocycles. The third-order valence-electron chi connectivity index (χ3n) is 10.3. The number of rotatable bonds is 44. The van der Waals surface area contributed by atoms with Crippen molar-refractivity contribution in [3.63, 3.8) is 0 Å². The Balaban J connectivity index is 4.82. The molecule has 0 aliphatic carbocycles. The number of phosphoric acid groups is 1. The van der Waals surface area contributed by atoms with Gasteiger partial charge in [-0.2, -0.15) is 0 Å². The number of carbonyl (C=O) groups is 3. The Morgan fingerprint density at radius 1 is 0.610 bits per heavy atom. The van der Waals surface area contributed by atoms with Crippen molar-refractivity contribution < 1.29 is 47.5 Å². The molecule has 59 heavy (non-hydrogen) atoms. The number of unbranched alkanes of at least 4 members (excludes halogenated alkanes) is 26. The van der Waals surface area contributed by atoms with Gasteiger partial charge in [-0.25, -0.2) is 4.57 Å². The van der Waals surface area contributed by atoms with Gasteiger partial charge in [0.05, 0.1) is 19.8 Å². The van der Waals surface area contributed by atoms with Gasteiger partial charge in [0.1, 0.15) is 12.1 Å². The van der Waals surface area contributed by atoms with Gasteiger partial charge in [0.15, 0.2) is 6.10 Å². The van der Waals surface area contributed by atoms with E-state index in [0.717, 1.165) is 64.2 Å². The highest BCUT2D eigenvalue weighted by Gasteiger charge is 2.33. The van der Waals surface area contributed by atoms with Crippen LogP contribution in [0.5, 0.6) is 0 Å². The van der Waals surface area contributed by atoms with Crippen LogP contribution in [-0.4, -0.2) is 65.9 Å². The lowest BCUT2D eigenvalue weighted by molar-refractivity contribution is -0.170. The minimum atomic E-state index is -4.87. The maximum atomic E-state index is 12.9. The topological polar surface area (TPSA) is 220 Å². The predicted molar refractivity (Wildman–Crippen MR) is 235 cm³/mol. The molecule has 0 aromatic rings. The number of ether oxygens (including phenoxy) is 2. The van der Waals surface area contributed by atoms with Crippen molar-refractivity contribution in [1.29, 1.82) is 0 Å². The molecule has 344 valence electrons. The van der Waals surface area contributed by atoms with E-state index >= 15 is 0 Å². The summed E-state index contributed by atoms with van der Waals surface area (Å²) >= 11 is 0. The molecular formula is C44H83N4O10P. The van der Waals surface area contributed by atoms with Gasteiger partial charge in [0.2, 0.25) is 0 Å². The van der Waals surface area contributed by atoms with Crippen molar-refractivity contribution in [2.45, 2.75) is 231 Å². The van der Waals surface area contributed by atoms with Crippen LogP contribution in [0, 0.1) is 0 Å². The van der Waals surface area contributed by atoms with Crippen LogP contribution < -0.4 is 5.73 Å². The van der Waals surface area contributed by atoms with Gasteiger partial charge < -0.3 is 25.2 Å². The van der Waals surface area contributed by atoms with Crippen LogP contribution in [0.2, 0.25) is 0 Å². The lowest BCUT2D eigenvalue weighted by Gasteiger charge is -2.26. The van der Waals surface area contributed by atoms with Crippen molar-refractivity contribution in [3.8, 4) is 0 Å². The van der Waals surface area contributed by atoms with E-state index in [1.807, 2.05) is 0 Å². The van der Waals surface area contributed by atoms with E-state index in [1.54, 1.807) is 0 Å². The number of carboxylic acid groups (broad SMARTS) is 1. The Kier molecular flexibility index (Phi) is 39.2. The number of carboxylic acids is 1. The fourth-order valence-corrected chi connectivity index (χ4v) is 7.39. The number of azide groups is 1. The van der Waals surface area contributed by atoms with Crippen LogP contribution in [0.3, 0.4) is 0 Å². The molecule has 0 fully saturated rings. The maximum absolute atomic E-state index is 12.9. The molecule has 15 heteroatoms. The van der Waals surface area contributed by atoms with E-state index in [-0.39, 0.29) is 12.8 Å². The molecular weight excluding hydrogens is 775 g/mol. The van der Waals surface area contributed by atoms with E-state index in [1.165, 1.54) is 109 Å². The Hall–Kier alpha value is -2.47. The number of phosphoric ester groups is 1. The second-order valence-corrected chi connectivity index (χ2v) is 17.3. The first-order valence-electron chi connectivity index (χ1n) is 23.2. The smallest absolute Gasteiger partial charge is 0.472 e. The van der Waals surface area contributed by atoms with Gasteiger partial charge in [0, 0.05) is 17.8 Å². The molecule has 1 unspecified atom stereocenters. The summed E-state index contributed by atoms with van der Waals surface area (Å²) in [4.78, 5) is 49.7. The number of carbonyl (C=O) groups excluding carboxylic acids is 2. The van der Waals surface area contributed by atoms with Crippen LogP contribution in [0.4, 0.5) is 0 Å². The number of esters is 2.